The summed E-state index contributed by atoms with van der Waals surface area (Å²) in [5.41, 5.74) is 5.57. The maximum absolute atomic E-state index is 13.0. The highest BCUT2D eigenvalue weighted by Crippen LogP contribution is 2.32. The van der Waals surface area contributed by atoms with Crippen molar-refractivity contribution in [2.45, 2.75) is 26.5 Å². The maximum atomic E-state index is 13.0. The monoisotopic (exact) mass is 696 g/mol. The quantitative estimate of drug-likeness (QED) is 0.120. The van der Waals surface area contributed by atoms with E-state index in [-0.39, 0.29) is 12.4 Å². The molecule has 0 aliphatic carbocycles. The zero-order chi connectivity index (χ0) is 34.7. The van der Waals surface area contributed by atoms with Crippen molar-refractivity contribution in [3.05, 3.63) is 125 Å². The number of anilines is 2. The molecule has 0 saturated carbocycles. The van der Waals surface area contributed by atoms with Crippen molar-refractivity contribution in [2.75, 3.05) is 23.8 Å². The summed E-state index contributed by atoms with van der Waals surface area (Å²) in [7, 11) is 2.03. The van der Waals surface area contributed by atoms with Gasteiger partial charge in [-0.15, -0.1) is 11.3 Å². The highest BCUT2D eigenvalue weighted by atomic mass is 32.1. The van der Waals surface area contributed by atoms with Gasteiger partial charge in [-0.2, -0.15) is 0 Å². The van der Waals surface area contributed by atoms with Crippen molar-refractivity contribution in [3.63, 3.8) is 0 Å². The topological polar surface area (TPSA) is 148 Å². The standard InChI is InChI=1S/C38H32N8O4S/c1-23-12-14-51-35(23)18-46(2)37-29-16-25(4-7-31(29)43-22-45-37)32-8-5-27(49-32)19-48-38(47)34-10-9-33(50-34)24-3-6-30-28(15-24)36(44-21-42-30)40-13-11-26-17-39-20-41-26/h3-10,12,14-17,20-22H,11,13,18-19H2,1-2H3,(H,39,41)(H,40,42,44). The van der Waals surface area contributed by atoms with Gasteiger partial charge in [-0.25, -0.2) is 29.7 Å². The first kappa shape index (κ1) is 31.9. The van der Waals surface area contributed by atoms with Gasteiger partial charge in [0.2, 0.25) is 5.76 Å². The number of nitrogens with zero attached hydrogens (tertiary/aromatic N) is 6. The molecule has 6 heterocycles. The number of H-pyrrole nitrogens is 1. The van der Waals surface area contributed by atoms with E-state index in [9.17, 15) is 4.79 Å². The van der Waals surface area contributed by atoms with E-state index in [0.29, 0.717) is 29.6 Å². The summed E-state index contributed by atoms with van der Waals surface area (Å²) >= 11 is 1.74. The molecule has 0 unspecified atom stereocenters. The number of carbonyl (C=O) groups is 1. The van der Waals surface area contributed by atoms with Gasteiger partial charge in [0, 0.05) is 58.7 Å². The zero-order valence-electron chi connectivity index (χ0n) is 27.8. The number of aromatic amines is 1. The molecule has 8 aromatic rings. The number of fused-ring (bicyclic) bond motifs is 2. The number of ether oxygens (including phenoxy) is 1. The molecule has 0 atom stereocenters. The van der Waals surface area contributed by atoms with Gasteiger partial charge in [-0.1, -0.05) is 0 Å². The first-order chi connectivity index (χ1) is 25.0. The molecule has 0 fully saturated rings. The van der Waals surface area contributed by atoms with Crippen molar-refractivity contribution in [1.29, 1.82) is 0 Å². The van der Waals surface area contributed by atoms with Crippen molar-refractivity contribution in [3.8, 4) is 22.6 Å². The lowest BCUT2D eigenvalue weighted by Gasteiger charge is -2.19. The summed E-state index contributed by atoms with van der Waals surface area (Å²) < 4.78 is 17.6. The van der Waals surface area contributed by atoms with Crippen LogP contribution in [0.25, 0.3) is 44.5 Å². The fourth-order valence-electron chi connectivity index (χ4n) is 5.87. The predicted molar refractivity (Wildman–Crippen MR) is 196 cm³/mol. The van der Waals surface area contributed by atoms with Crippen LogP contribution in [0.3, 0.4) is 0 Å². The van der Waals surface area contributed by atoms with Crippen molar-refractivity contribution >= 4 is 50.7 Å². The van der Waals surface area contributed by atoms with Gasteiger partial charge < -0.3 is 28.8 Å². The number of hydrogen-bond donors (Lipinski definition) is 2. The summed E-state index contributed by atoms with van der Waals surface area (Å²) in [6, 6.07) is 20.8. The predicted octanol–water partition coefficient (Wildman–Crippen LogP) is 7.83. The zero-order valence-corrected chi connectivity index (χ0v) is 28.6. The molecule has 6 aromatic heterocycles. The lowest BCUT2D eigenvalue weighted by molar-refractivity contribution is 0.0411. The Labute approximate surface area is 296 Å². The average molecular weight is 697 g/mol. The minimum Gasteiger partial charge on any atom is -0.457 e. The van der Waals surface area contributed by atoms with Crippen LogP contribution in [0.2, 0.25) is 0 Å². The molecule has 0 aliphatic rings. The number of esters is 1. The first-order valence-corrected chi connectivity index (χ1v) is 17.2. The minimum absolute atomic E-state index is 0.0550. The van der Waals surface area contributed by atoms with Crippen LogP contribution in [0.1, 0.15) is 32.4 Å². The van der Waals surface area contributed by atoms with Gasteiger partial charge >= 0.3 is 5.97 Å². The molecule has 2 N–H and O–H groups in total. The van der Waals surface area contributed by atoms with Gasteiger partial charge in [0.15, 0.2) is 0 Å². The molecule has 0 amide bonds. The van der Waals surface area contributed by atoms with Gasteiger partial charge in [-0.05, 0) is 84.6 Å². The normalized spacial score (nSPS) is 11.3. The van der Waals surface area contributed by atoms with E-state index in [2.05, 4.69) is 58.5 Å². The van der Waals surface area contributed by atoms with Crippen LogP contribution in [0.4, 0.5) is 11.6 Å². The first-order valence-electron chi connectivity index (χ1n) is 16.3. The summed E-state index contributed by atoms with van der Waals surface area (Å²) in [6.45, 7) is 3.48. The van der Waals surface area contributed by atoms with E-state index in [1.165, 1.54) is 16.8 Å². The molecular weight excluding hydrogens is 665 g/mol. The molecule has 0 radical (unpaired) electrons. The maximum Gasteiger partial charge on any atom is 0.374 e. The molecule has 8 rings (SSSR count). The van der Waals surface area contributed by atoms with E-state index in [1.807, 2.05) is 49.5 Å². The SMILES string of the molecule is Cc1ccsc1CN(C)c1ncnc2ccc(-c3ccc(COC(=O)c4ccc(-c5ccc6ncnc(NCCc7cnc[nH]7)c6c5)o4)o3)cc12. The van der Waals surface area contributed by atoms with Crippen LogP contribution in [0.15, 0.2) is 106 Å². The third kappa shape index (κ3) is 6.79. The van der Waals surface area contributed by atoms with E-state index in [4.69, 9.17) is 13.6 Å². The van der Waals surface area contributed by atoms with Crippen molar-refractivity contribution in [1.82, 2.24) is 29.9 Å². The number of furan rings is 2. The van der Waals surface area contributed by atoms with E-state index < -0.39 is 5.97 Å². The molecule has 0 saturated heterocycles. The molecule has 51 heavy (non-hydrogen) atoms. The van der Waals surface area contributed by atoms with Crippen LogP contribution >= 0.6 is 11.3 Å². The van der Waals surface area contributed by atoms with Crippen LogP contribution in [0, 0.1) is 6.92 Å². The fraction of sp³-hybridized carbons (Fsp3) is 0.158. The number of aryl methyl sites for hydroxylation is 1. The fourth-order valence-corrected chi connectivity index (χ4v) is 6.82. The number of imidazole rings is 1. The van der Waals surface area contributed by atoms with Gasteiger partial charge in [-0.3, -0.25) is 0 Å². The number of nitrogens with one attached hydrogen (secondary N) is 2. The molecule has 2 aromatic carbocycles. The van der Waals surface area contributed by atoms with Gasteiger partial charge in [0.05, 0.1) is 23.9 Å². The number of rotatable bonds is 12. The Hall–Kier alpha value is -6.34. The van der Waals surface area contributed by atoms with E-state index in [1.54, 1.807) is 48.4 Å². The Morgan fingerprint density at radius 2 is 1.67 bits per heavy atom. The lowest BCUT2D eigenvalue weighted by atomic mass is 10.1. The average Bonchev–Trinajstić information content (AvgIpc) is 4.00. The molecule has 0 bridgehead atoms. The molecule has 12 nitrogen and oxygen atoms in total. The Morgan fingerprint density at radius 1 is 0.902 bits per heavy atom. The minimum atomic E-state index is -0.596. The third-order valence-corrected chi connectivity index (χ3v) is 9.59. The highest BCUT2D eigenvalue weighted by molar-refractivity contribution is 7.10. The second-order valence-electron chi connectivity index (χ2n) is 12.0. The number of carbonyl (C=O) groups excluding carboxylic acids is 1. The number of hydrogen-bond acceptors (Lipinski definition) is 12. The number of benzene rings is 2. The molecule has 0 spiro atoms. The summed E-state index contributed by atoms with van der Waals surface area (Å²) in [5, 5.41) is 7.24. The lowest BCUT2D eigenvalue weighted by Crippen LogP contribution is -2.18. The third-order valence-electron chi connectivity index (χ3n) is 8.59. The van der Waals surface area contributed by atoms with Crippen molar-refractivity contribution < 1.29 is 18.4 Å². The molecular formula is C38H32N8O4S. The second kappa shape index (κ2) is 13.9. The Balaban J connectivity index is 0.932. The Bertz CT molecular complexity index is 2470. The van der Waals surface area contributed by atoms with Crippen LogP contribution < -0.4 is 10.2 Å². The summed E-state index contributed by atoms with van der Waals surface area (Å²) in [4.78, 5) is 41.5. The number of aromatic nitrogens is 6. The molecule has 254 valence electrons. The smallest absolute Gasteiger partial charge is 0.374 e. The van der Waals surface area contributed by atoms with Crippen molar-refractivity contribution in [2.24, 2.45) is 0 Å². The van der Waals surface area contributed by atoms with E-state index >= 15 is 0 Å². The number of thiophene rings is 1. The van der Waals surface area contributed by atoms with Crippen LogP contribution in [-0.2, 0) is 24.3 Å². The molecule has 13 heteroatoms. The van der Waals surface area contributed by atoms with Crippen LogP contribution in [0.5, 0.6) is 0 Å². The van der Waals surface area contributed by atoms with Gasteiger partial charge in [0.25, 0.3) is 0 Å². The summed E-state index contributed by atoms with van der Waals surface area (Å²) in [6.07, 6.45) is 7.35. The Morgan fingerprint density at radius 3 is 2.45 bits per heavy atom. The second-order valence-corrected chi connectivity index (χ2v) is 13.0. The highest BCUT2D eigenvalue weighted by Gasteiger charge is 2.17. The van der Waals surface area contributed by atoms with E-state index in [0.717, 1.165) is 57.4 Å². The largest absolute Gasteiger partial charge is 0.457 e. The molecule has 0 aliphatic heterocycles. The Kier molecular flexibility index (Phi) is 8.68. The summed E-state index contributed by atoms with van der Waals surface area (Å²) in [5.74, 6) is 2.70. The van der Waals surface area contributed by atoms with Gasteiger partial charge in [0.1, 0.15) is 48.2 Å². The van der Waals surface area contributed by atoms with Crippen LogP contribution in [-0.4, -0.2) is 49.5 Å².